The molecule has 0 unspecified atom stereocenters. The first-order chi connectivity index (χ1) is 26.9. The van der Waals surface area contributed by atoms with E-state index in [1.165, 1.54) is 6.92 Å². The van der Waals surface area contributed by atoms with Gasteiger partial charge in [-0.25, -0.2) is 4.79 Å². The second kappa shape index (κ2) is 37.1. The number of aliphatic carboxylic acids is 2. The molecule has 0 saturated heterocycles. The van der Waals surface area contributed by atoms with Gasteiger partial charge in [0.15, 0.2) is 5.78 Å². The number of amides is 3. The van der Waals surface area contributed by atoms with Gasteiger partial charge in [0.2, 0.25) is 17.7 Å². The minimum Gasteiger partial charge on any atom is -0.481 e. The van der Waals surface area contributed by atoms with E-state index in [4.69, 9.17) is 29.8 Å². The minimum atomic E-state index is -1.19. The van der Waals surface area contributed by atoms with Gasteiger partial charge in [0.1, 0.15) is 25.0 Å². The average molecular weight is 803 g/mol. The Labute approximate surface area is 332 Å². The molecule has 0 saturated carbocycles. The van der Waals surface area contributed by atoms with Crippen molar-refractivity contribution in [1.29, 1.82) is 0 Å². The van der Waals surface area contributed by atoms with Gasteiger partial charge in [0.25, 0.3) is 0 Å². The Morgan fingerprint density at radius 2 is 1.07 bits per heavy atom. The van der Waals surface area contributed by atoms with Crippen LogP contribution < -0.4 is 21.7 Å². The molecule has 7 N–H and O–H groups in total. The average Bonchev–Trinajstić information content (AvgIpc) is 3.15. The summed E-state index contributed by atoms with van der Waals surface area (Å²) in [5.41, 5.74) is 5.67. The summed E-state index contributed by atoms with van der Waals surface area (Å²) in [5, 5.41) is 26.0. The van der Waals surface area contributed by atoms with Gasteiger partial charge in [-0.15, -0.1) is 0 Å². The molecule has 0 aromatic rings. The second-order valence-corrected chi connectivity index (χ2v) is 13.8. The van der Waals surface area contributed by atoms with Gasteiger partial charge in [-0.1, -0.05) is 51.4 Å². The molecule has 3 amide bonds. The van der Waals surface area contributed by atoms with Crippen molar-refractivity contribution in [3.05, 3.63) is 0 Å². The maximum atomic E-state index is 12.2. The standard InChI is InChI=1S/C39H70N4O13/c1-31(44)33(40)16-12-13-21-41-37(48)30-56-28-25-53-23-14-15-32(45)29-55-27-26-54-24-22-42-35(46)20-19-34(39(51)52)43-36(47)17-10-8-6-4-2-3-5-7-9-11-18-38(49)50/h33-34H,2-30,40H2,1H3,(H,41,48)(H,42,46)(H,43,47)(H,49,50)(H,51,52)/t33-,34-/m0/s1. The number of hydrogen-bond donors (Lipinski definition) is 6. The number of carbonyl (C=O) groups excluding carboxylic acids is 5. The normalized spacial score (nSPS) is 12.1. The SMILES string of the molecule is CC(=O)[C@@H](N)CCCCNC(=O)COCCOCCCC(=O)COCCOCCNC(=O)CC[C@H](NC(=O)CCCCCCCCCCCCC(=O)O)C(=O)O. The van der Waals surface area contributed by atoms with Crippen LogP contribution in [0.2, 0.25) is 0 Å². The van der Waals surface area contributed by atoms with Crippen LogP contribution in [0.25, 0.3) is 0 Å². The van der Waals surface area contributed by atoms with Crippen LogP contribution in [0.1, 0.15) is 129 Å². The molecule has 324 valence electrons. The molecule has 0 aromatic carbocycles. The molecule has 0 spiro atoms. The third-order valence-corrected chi connectivity index (χ3v) is 8.68. The summed E-state index contributed by atoms with van der Waals surface area (Å²) >= 11 is 0. The summed E-state index contributed by atoms with van der Waals surface area (Å²) in [4.78, 5) is 81.3. The van der Waals surface area contributed by atoms with Crippen LogP contribution in [-0.4, -0.2) is 129 Å². The number of carboxylic acid groups (broad SMARTS) is 2. The summed E-state index contributed by atoms with van der Waals surface area (Å²) in [6.45, 7) is 3.60. The first-order valence-corrected chi connectivity index (χ1v) is 20.3. The molecule has 0 fully saturated rings. The molecule has 17 nitrogen and oxygen atoms in total. The van der Waals surface area contributed by atoms with Crippen LogP contribution in [0, 0.1) is 0 Å². The molecule has 0 heterocycles. The summed E-state index contributed by atoms with van der Waals surface area (Å²) in [5.74, 6) is -2.98. The van der Waals surface area contributed by atoms with E-state index in [0.29, 0.717) is 45.4 Å². The predicted molar refractivity (Wildman–Crippen MR) is 208 cm³/mol. The molecule has 0 aromatic heterocycles. The lowest BCUT2D eigenvalue weighted by Crippen LogP contribution is -2.41. The fourth-order valence-corrected chi connectivity index (χ4v) is 5.33. The number of carbonyl (C=O) groups is 7. The lowest BCUT2D eigenvalue weighted by Gasteiger charge is -2.14. The molecule has 0 aliphatic carbocycles. The van der Waals surface area contributed by atoms with Crippen molar-refractivity contribution >= 4 is 41.2 Å². The number of rotatable bonds is 41. The number of nitrogens with one attached hydrogen (secondary N) is 3. The van der Waals surface area contributed by atoms with Crippen LogP contribution in [0.15, 0.2) is 0 Å². The summed E-state index contributed by atoms with van der Waals surface area (Å²) in [7, 11) is 0. The van der Waals surface area contributed by atoms with Crippen molar-refractivity contribution in [2.45, 2.75) is 141 Å². The highest BCUT2D eigenvalue weighted by Gasteiger charge is 2.21. The van der Waals surface area contributed by atoms with Gasteiger partial charge in [0.05, 0.1) is 39.1 Å². The maximum Gasteiger partial charge on any atom is 0.326 e. The zero-order chi connectivity index (χ0) is 41.7. The third-order valence-electron chi connectivity index (χ3n) is 8.68. The highest BCUT2D eigenvalue weighted by atomic mass is 16.5. The number of Topliss-reactive ketones (excluding diaryl/α,β-unsaturated/α-hetero) is 2. The smallest absolute Gasteiger partial charge is 0.326 e. The largest absolute Gasteiger partial charge is 0.481 e. The molecule has 17 heteroatoms. The Balaban J connectivity index is 3.66. The number of unbranched alkanes of at least 4 members (excludes halogenated alkanes) is 10. The quantitative estimate of drug-likeness (QED) is 0.0486. The molecule has 0 rings (SSSR count). The lowest BCUT2D eigenvalue weighted by molar-refractivity contribution is -0.142. The Hall–Kier alpha value is -3.51. The molecular formula is C39H70N4O13. The molecular weight excluding hydrogens is 732 g/mol. The van der Waals surface area contributed by atoms with Gasteiger partial charge in [-0.3, -0.25) is 28.8 Å². The lowest BCUT2D eigenvalue weighted by atomic mass is 10.0. The predicted octanol–water partition coefficient (Wildman–Crippen LogP) is 2.84. The maximum absolute atomic E-state index is 12.2. The first kappa shape index (κ1) is 52.5. The summed E-state index contributed by atoms with van der Waals surface area (Å²) in [6.07, 6.45) is 12.9. The number of ether oxygens (including phenoxy) is 4. The molecule has 56 heavy (non-hydrogen) atoms. The van der Waals surface area contributed by atoms with Crippen molar-refractivity contribution in [2.24, 2.45) is 5.73 Å². The van der Waals surface area contributed by atoms with Crippen LogP contribution in [0.5, 0.6) is 0 Å². The van der Waals surface area contributed by atoms with E-state index >= 15 is 0 Å². The fourth-order valence-electron chi connectivity index (χ4n) is 5.33. The second-order valence-electron chi connectivity index (χ2n) is 13.8. The van der Waals surface area contributed by atoms with Crippen LogP contribution in [0.4, 0.5) is 0 Å². The van der Waals surface area contributed by atoms with E-state index in [0.717, 1.165) is 70.6 Å². The van der Waals surface area contributed by atoms with Crippen LogP contribution in [0.3, 0.4) is 0 Å². The molecule has 0 aliphatic heterocycles. The van der Waals surface area contributed by atoms with Gasteiger partial charge >= 0.3 is 11.9 Å². The van der Waals surface area contributed by atoms with Crippen molar-refractivity contribution in [2.75, 3.05) is 65.9 Å². The van der Waals surface area contributed by atoms with E-state index in [9.17, 15) is 38.7 Å². The van der Waals surface area contributed by atoms with Gasteiger partial charge in [0, 0.05) is 45.4 Å². The van der Waals surface area contributed by atoms with Crippen LogP contribution in [-0.2, 0) is 52.5 Å². The minimum absolute atomic E-state index is 0.0316. The molecule has 0 radical (unpaired) electrons. The highest BCUT2D eigenvalue weighted by molar-refractivity contribution is 5.84. The van der Waals surface area contributed by atoms with Crippen molar-refractivity contribution in [3.63, 3.8) is 0 Å². The number of hydrogen-bond acceptors (Lipinski definition) is 12. The fraction of sp³-hybridized carbons (Fsp3) is 0.821. The Morgan fingerprint density at radius 1 is 0.518 bits per heavy atom. The van der Waals surface area contributed by atoms with Gasteiger partial charge in [-0.2, -0.15) is 0 Å². The molecule has 0 bridgehead atoms. The Morgan fingerprint density at radius 3 is 1.68 bits per heavy atom. The third kappa shape index (κ3) is 36.1. The van der Waals surface area contributed by atoms with Crippen LogP contribution >= 0.6 is 0 Å². The van der Waals surface area contributed by atoms with Crippen molar-refractivity contribution in [3.8, 4) is 0 Å². The van der Waals surface area contributed by atoms with Gasteiger partial charge in [-0.05, 0) is 51.9 Å². The Bertz CT molecular complexity index is 1110. The summed E-state index contributed by atoms with van der Waals surface area (Å²) < 4.78 is 21.4. The monoisotopic (exact) mass is 802 g/mol. The highest BCUT2D eigenvalue weighted by Crippen LogP contribution is 2.12. The topological polar surface area (TPSA) is 259 Å². The zero-order valence-corrected chi connectivity index (χ0v) is 33.6. The molecule has 2 atom stereocenters. The molecule has 0 aliphatic rings. The van der Waals surface area contributed by atoms with E-state index in [-0.39, 0.29) is 101 Å². The zero-order valence-electron chi connectivity index (χ0n) is 33.6. The number of nitrogens with two attached hydrogens (primary N) is 1. The Kier molecular flexibility index (Phi) is 34.8. The van der Waals surface area contributed by atoms with E-state index < -0.39 is 24.0 Å². The number of ketones is 2. The van der Waals surface area contributed by atoms with E-state index in [2.05, 4.69) is 16.0 Å². The van der Waals surface area contributed by atoms with E-state index in [1.807, 2.05) is 0 Å². The summed E-state index contributed by atoms with van der Waals surface area (Å²) in [6, 6.07) is -1.59. The van der Waals surface area contributed by atoms with Crippen molar-refractivity contribution in [1.82, 2.24) is 16.0 Å². The van der Waals surface area contributed by atoms with Gasteiger partial charge < -0.3 is 50.8 Å². The first-order valence-electron chi connectivity index (χ1n) is 20.3. The van der Waals surface area contributed by atoms with Crippen molar-refractivity contribution < 1.29 is 62.7 Å². The van der Waals surface area contributed by atoms with E-state index in [1.54, 1.807) is 0 Å². The number of carboxylic acids is 2.